The molecular formula is C20H36N4O6. The molecule has 0 aliphatic carbocycles. The largest absolute Gasteiger partial charge is 0.468 e. The first-order chi connectivity index (χ1) is 13.7. The van der Waals surface area contributed by atoms with E-state index in [0.29, 0.717) is 19.4 Å². The van der Waals surface area contributed by atoms with Crippen molar-refractivity contribution >= 4 is 23.9 Å². The first-order valence-corrected chi connectivity index (χ1v) is 10.2. The lowest BCUT2D eigenvalue weighted by molar-refractivity contribution is -0.157. The lowest BCUT2D eigenvalue weighted by atomic mass is 9.94. The standard InChI is InChI=1S/C20H36N4O6/c1-12(2)14(22-18(28)30-19(4,5)6)15(25)21-13(3)16(26)24-11-9-10-20(7,23-24)17(27)29-8/h12-14,23H,9-11H2,1-8H3,(H,21,25)(H,22,28)/t13?,14-,20?/m0/s1. The lowest BCUT2D eigenvalue weighted by Gasteiger charge is -2.40. The van der Waals surface area contributed by atoms with Gasteiger partial charge >= 0.3 is 12.1 Å². The van der Waals surface area contributed by atoms with Crippen LogP contribution < -0.4 is 16.1 Å². The maximum Gasteiger partial charge on any atom is 0.408 e. The number of nitrogens with zero attached hydrogens (tertiary/aromatic N) is 1. The second-order valence-electron chi connectivity index (χ2n) is 9.13. The molecule has 0 radical (unpaired) electrons. The quantitative estimate of drug-likeness (QED) is 0.541. The van der Waals surface area contributed by atoms with Crippen molar-refractivity contribution in [1.82, 2.24) is 21.1 Å². The van der Waals surface area contributed by atoms with Crippen LogP contribution in [0.1, 0.15) is 61.3 Å². The van der Waals surface area contributed by atoms with E-state index in [1.54, 1.807) is 48.5 Å². The minimum absolute atomic E-state index is 0.226. The topological polar surface area (TPSA) is 126 Å². The average molecular weight is 429 g/mol. The summed E-state index contributed by atoms with van der Waals surface area (Å²) in [5, 5.41) is 6.53. The number of esters is 1. The normalized spacial score (nSPS) is 21.4. The maximum atomic E-state index is 12.8. The van der Waals surface area contributed by atoms with Gasteiger partial charge in [0.25, 0.3) is 5.91 Å². The van der Waals surface area contributed by atoms with Crippen LogP contribution in [0.5, 0.6) is 0 Å². The minimum Gasteiger partial charge on any atom is -0.468 e. The van der Waals surface area contributed by atoms with Crippen LogP contribution in [0.3, 0.4) is 0 Å². The molecule has 0 spiro atoms. The molecular weight excluding hydrogens is 392 g/mol. The first-order valence-electron chi connectivity index (χ1n) is 10.2. The number of ether oxygens (including phenoxy) is 2. The van der Waals surface area contributed by atoms with Crippen molar-refractivity contribution in [2.75, 3.05) is 13.7 Å². The summed E-state index contributed by atoms with van der Waals surface area (Å²) < 4.78 is 10.0. The Morgan fingerprint density at radius 3 is 2.20 bits per heavy atom. The molecule has 172 valence electrons. The van der Waals surface area contributed by atoms with Gasteiger partial charge in [0.2, 0.25) is 5.91 Å². The molecule has 0 aromatic carbocycles. The summed E-state index contributed by atoms with van der Waals surface area (Å²) in [7, 11) is 1.29. The van der Waals surface area contributed by atoms with Crippen molar-refractivity contribution in [3.05, 3.63) is 0 Å². The Morgan fingerprint density at radius 2 is 1.70 bits per heavy atom. The third-order valence-electron chi connectivity index (χ3n) is 4.69. The number of hydrogen-bond acceptors (Lipinski definition) is 7. The Balaban J connectivity index is 2.77. The van der Waals surface area contributed by atoms with Gasteiger partial charge in [0.1, 0.15) is 23.2 Å². The third kappa shape index (κ3) is 7.16. The van der Waals surface area contributed by atoms with Crippen molar-refractivity contribution in [3.8, 4) is 0 Å². The van der Waals surface area contributed by atoms with Gasteiger partial charge in [-0.25, -0.2) is 10.2 Å². The smallest absolute Gasteiger partial charge is 0.408 e. The van der Waals surface area contributed by atoms with Crippen molar-refractivity contribution in [2.24, 2.45) is 5.92 Å². The fourth-order valence-electron chi connectivity index (χ4n) is 3.11. The third-order valence-corrected chi connectivity index (χ3v) is 4.69. The van der Waals surface area contributed by atoms with Gasteiger partial charge in [-0.05, 0) is 53.4 Å². The van der Waals surface area contributed by atoms with Gasteiger partial charge in [0.15, 0.2) is 0 Å². The van der Waals surface area contributed by atoms with Gasteiger partial charge in [-0.1, -0.05) is 13.8 Å². The van der Waals surface area contributed by atoms with Crippen molar-refractivity contribution in [2.45, 2.75) is 84.5 Å². The number of rotatable bonds is 6. The Bertz CT molecular complexity index is 660. The molecule has 3 amide bonds. The molecule has 0 bridgehead atoms. The van der Waals surface area contributed by atoms with Crippen LogP contribution in [0.15, 0.2) is 0 Å². The molecule has 10 heteroatoms. The number of hydrazine groups is 1. The maximum absolute atomic E-state index is 12.8. The zero-order valence-electron chi connectivity index (χ0n) is 19.3. The molecule has 1 aliphatic heterocycles. The van der Waals surface area contributed by atoms with E-state index in [0.717, 1.165) is 0 Å². The van der Waals surface area contributed by atoms with Crippen molar-refractivity contribution < 1.29 is 28.7 Å². The lowest BCUT2D eigenvalue weighted by Crippen LogP contribution is -2.65. The van der Waals surface area contributed by atoms with Crippen LogP contribution in [0, 0.1) is 5.92 Å². The van der Waals surface area contributed by atoms with Crippen LogP contribution in [0.4, 0.5) is 4.79 Å². The van der Waals surface area contributed by atoms with E-state index in [2.05, 4.69) is 16.1 Å². The molecule has 1 saturated heterocycles. The highest BCUT2D eigenvalue weighted by atomic mass is 16.6. The summed E-state index contributed by atoms with van der Waals surface area (Å²) in [5.74, 6) is -1.57. The van der Waals surface area contributed by atoms with Gasteiger partial charge in [-0.2, -0.15) is 0 Å². The molecule has 2 unspecified atom stereocenters. The number of amides is 3. The number of carbonyl (C=O) groups excluding carboxylic acids is 4. The SMILES string of the molecule is COC(=O)C1(C)CCCN(C(=O)C(C)NC(=O)[C@@H](NC(=O)OC(C)(C)C)C(C)C)N1. The molecule has 10 nitrogen and oxygen atoms in total. The van der Waals surface area contributed by atoms with Crippen molar-refractivity contribution in [3.63, 3.8) is 0 Å². The average Bonchev–Trinajstić information content (AvgIpc) is 2.62. The van der Waals surface area contributed by atoms with Gasteiger partial charge in [-0.3, -0.25) is 19.4 Å². The van der Waals surface area contributed by atoms with E-state index >= 15 is 0 Å². The molecule has 1 aliphatic rings. The Kier molecular flexibility index (Phi) is 8.64. The van der Waals surface area contributed by atoms with Crippen LogP contribution in [0.25, 0.3) is 0 Å². The summed E-state index contributed by atoms with van der Waals surface area (Å²) in [4.78, 5) is 49.6. The van der Waals surface area contributed by atoms with Crippen molar-refractivity contribution in [1.29, 1.82) is 0 Å². The monoisotopic (exact) mass is 428 g/mol. The minimum atomic E-state index is -1.01. The molecule has 30 heavy (non-hydrogen) atoms. The van der Waals surface area contributed by atoms with Gasteiger partial charge in [0.05, 0.1) is 7.11 Å². The van der Waals surface area contributed by atoms with Gasteiger partial charge in [-0.15, -0.1) is 0 Å². The Hall–Kier alpha value is -2.36. The summed E-state index contributed by atoms with van der Waals surface area (Å²) in [6, 6.07) is -1.74. The van der Waals surface area contributed by atoms with Crippen LogP contribution in [-0.4, -0.2) is 65.8 Å². The fraction of sp³-hybridized carbons (Fsp3) is 0.800. The zero-order chi connectivity index (χ0) is 23.3. The number of nitrogens with one attached hydrogen (secondary N) is 3. The summed E-state index contributed by atoms with van der Waals surface area (Å²) in [6.07, 6.45) is 0.432. The second kappa shape index (κ2) is 10.1. The van der Waals surface area contributed by atoms with Gasteiger partial charge in [0, 0.05) is 6.54 Å². The molecule has 3 N–H and O–H groups in total. The summed E-state index contributed by atoms with van der Waals surface area (Å²) >= 11 is 0. The highest BCUT2D eigenvalue weighted by molar-refractivity contribution is 5.91. The van der Waals surface area contributed by atoms with Gasteiger partial charge < -0.3 is 20.1 Å². The summed E-state index contributed by atoms with van der Waals surface area (Å²) in [6.45, 7) is 12.4. The van der Waals surface area contributed by atoms with E-state index in [9.17, 15) is 19.2 Å². The Labute approximate surface area is 178 Å². The zero-order valence-corrected chi connectivity index (χ0v) is 19.3. The molecule has 3 atom stereocenters. The van der Waals surface area contributed by atoms with E-state index in [1.165, 1.54) is 12.1 Å². The van der Waals surface area contributed by atoms with E-state index < -0.39 is 47.1 Å². The summed E-state index contributed by atoms with van der Waals surface area (Å²) in [5.41, 5.74) is 1.21. The van der Waals surface area contributed by atoms with E-state index in [1.807, 2.05) is 0 Å². The number of methoxy groups -OCH3 is 1. The van der Waals surface area contributed by atoms with Crippen LogP contribution in [0.2, 0.25) is 0 Å². The molecule has 0 aromatic heterocycles. The molecule has 1 fully saturated rings. The molecule has 0 aromatic rings. The second-order valence-corrected chi connectivity index (χ2v) is 9.13. The molecule has 1 rings (SSSR count). The highest BCUT2D eigenvalue weighted by Crippen LogP contribution is 2.20. The van der Waals surface area contributed by atoms with Crippen LogP contribution in [-0.2, 0) is 23.9 Å². The molecule has 0 saturated carbocycles. The van der Waals surface area contributed by atoms with E-state index in [-0.39, 0.29) is 5.92 Å². The Morgan fingerprint density at radius 1 is 1.10 bits per heavy atom. The number of hydrogen-bond donors (Lipinski definition) is 3. The molecule has 1 heterocycles. The van der Waals surface area contributed by atoms with Crippen LogP contribution >= 0.6 is 0 Å². The number of carbonyl (C=O) groups is 4. The number of alkyl carbamates (subject to hydrolysis) is 1. The fourth-order valence-corrected chi connectivity index (χ4v) is 3.11. The predicted octanol–water partition coefficient (Wildman–Crippen LogP) is 1.10. The first kappa shape index (κ1) is 25.7. The van der Waals surface area contributed by atoms with E-state index in [4.69, 9.17) is 9.47 Å². The predicted molar refractivity (Wildman–Crippen MR) is 110 cm³/mol. The highest BCUT2D eigenvalue weighted by Gasteiger charge is 2.41.